The third-order valence-electron chi connectivity index (χ3n) is 2.42. The van der Waals surface area contributed by atoms with Gasteiger partial charge in [0.1, 0.15) is 11.5 Å². The molecular formula is C11H12BNO4. The van der Waals surface area contributed by atoms with Crippen LogP contribution in [0.4, 0.5) is 0 Å². The van der Waals surface area contributed by atoms with E-state index in [-0.39, 0.29) is 0 Å². The van der Waals surface area contributed by atoms with Crippen LogP contribution in [0.1, 0.15) is 11.5 Å². The van der Waals surface area contributed by atoms with Crippen molar-refractivity contribution in [3.63, 3.8) is 0 Å². The fourth-order valence-corrected chi connectivity index (χ4v) is 1.72. The number of hydrogen-bond donors (Lipinski definition) is 2. The first-order chi connectivity index (χ1) is 8.08. The summed E-state index contributed by atoms with van der Waals surface area (Å²) >= 11 is 0. The molecule has 17 heavy (non-hydrogen) atoms. The van der Waals surface area contributed by atoms with Gasteiger partial charge in [-0.05, 0) is 31.5 Å². The minimum absolute atomic E-state index is 0.385. The van der Waals surface area contributed by atoms with Crippen LogP contribution in [0.15, 0.2) is 28.8 Å². The van der Waals surface area contributed by atoms with E-state index < -0.39 is 7.32 Å². The fourth-order valence-electron chi connectivity index (χ4n) is 1.72. The second-order valence-corrected chi connectivity index (χ2v) is 3.67. The summed E-state index contributed by atoms with van der Waals surface area (Å²) in [5, 5.41) is 21.2. The standard InChI is InChI=1S/C11H12BNO4/c1-7-11(8(2)17-13-7)9-3-5-10(6-4-9)16-12(14)15/h3-6,14-15H,1-2H3. The van der Waals surface area contributed by atoms with Gasteiger partial charge in [-0.15, -0.1) is 0 Å². The van der Waals surface area contributed by atoms with Crippen molar-refractivity contribution in [1.29, 1.82) is 0 Å². The van der Waals surface area contributed by atoms with Crippen molar-refractivity contribution in [2.75, 3.05) is 0 Å². The fraction of sp³-hybridized carbons (Fsp3) is 0.182. The molecule has 6 heteroatoms. The van der Waals surface area contributed by atoms with Crippen molar-refractivity contribution in [3.8, 4) is 16.9 Å². The first-order valence-electron chi connectivity index (χ1n) is 5.14. The second kappa shape index (κ2) is 4.61. The lowest BCUT2D eigenvalue weighted by Crippen LogP contribution is -2.20. The lowest BCUT2D eigenvalue weighted by Gasteiger charge is -2.05. The summed E-state index contributed by atoms with van der Waals surface area (Å²) < 4.78 is 9.80. The lowest BCUT2D eigenvalue weighted by molar-refractivity contribution is 0.288. The average Bonchev–Trinajstić information content (AvgIpc) is 2.59. The summed E-state index contributed by atoms with van der Waals surface area (Å²) in [6.07, 6.45) is 0. The number of nitrogens with zero attached hydrogens (tertiary/aromatic N) is 1. The predicted molar refractivity (Wildman–Crippen MR) is 62.2 cm³/mol. The first kappa shape index (κ1) is 11.7. The number of aryl methyl sites for hydroxylation is 2. The molecule has 0 unspecified atom stereocenters. The van der Waals surface area contributed by atoms with E-state index in [0.29, 0.717) is 5.75 Å². The lowest BCUT2D eigenvalue weighted by atomic mass is 10.0. The van der Waals surface area contributed by atoms with Crippen molar-refractivity contribution < 1.29 is 19.2 Å². The zero-order chi connectivity index (χ0) is 12.4. The molecular weight excluding hydrogens is 221 g/mol. The zero-order valence-corrected chi connectivity index (χ0v) is 9.54. The van der Waals surface area contributed by atoms with E-state index in [9.17, 15) is 0 Å². The average molecular weight is 233 g/mol. The molecule has 0 fully saturated rings. The van der Waals surface area contributed by atoms with Gasteiger partial charge >= 0.3 is 7.32 Å². The van der Waals surface area contributed by atoms with Crippen LogP contribution in [0.25, 0.3) is 11.1 Å². The third-order valence-corrected chi connectivity index (χ3v) is 2.42. The Morgan fingerprint density at radius 1 is 1.18 bits per heavy atom. The Labute approximate surface area is 98.8 Å². The highest BCUT2D eigenvalue weighted by Crippen LogP contribution is 2.28. The summed E-state index contributed by atoms with van der Waals surface area (Å²) in [6, 6.07) is 6.93. The van der Waals surface area contributed by atoms with Gasteiger partial charge in [-0.2, -0.15) is 0 Å². The maximum Gasteiger partial charge on any atom is 0.707 e. The summed E-state index contributed by atoms with van der Waals surface area (Å²) in [7, 11) is -1.81. The first-order valence-corrected chi connectivity index (χ1v) is 5.14. The van der Waals surface area contributed by atoms with Crippen LogP contribution in [0, 0.1) is 13.8 Å². The van der Waals surface area contributed by atoms with E-state index in [1.54, 1.807) is 12.1 Å². The largest absolute Gasteiger partial charge is 0.707 e. The molecule has 0 spiro atoms. The molecule has 0 aliphatic rings. The molecule has 0 atom stereocenters. The molecule has 0 radical (unpaired) electrons. The second-order valence-electron chi connectivity index (χ2n) is 3.67. The van der Waals surface area contributed by atoms with Gasteiger partial charge in [0.05, 0.1) is 5.69 Å². The number of rotatable bonds is 3. The highest BCUT2D eigenvalue weighted by Gasteiger charge is 2.13. The third kappa shape index (κ3) is 2.48. The predicted octanol–water partition coefficient (Wildman–Crippen LogP) is 1.31. The maximum absolute atomic E-state index is 8.66. The molecule has 2 rings (SSSR count). The van der Waals surface area contributed by atoms with Gasteiger partial charge in [0.25, 0.3) is 0 Å². The SMILES string of the molecule is Cc1noc(C)c1-c1ccc(OB(O)O)cc1. The Kier molecular flexibility index (Phi) is 3.17. The van der Waals surface area contributed by atoms with E-state index in [1.807, 2.05) is 26.0 Å². The van der Waals surface area contributed by atoms with Crippen LogP contribution in [0.3, 0.4) is 0 Å². The molecule has 0 amide bonds. The van der Waals surface area contributed by atoms with Gasteiger partial charge in [-0.3, -0.25) is 0 Å². The summed E-state index contributed by atoms with van der Waals surface area (Å²) in [6.45, 7) is 3.71. The normalized spacial score (nSPS) is 10.4. The molecule has 0 aliphatic heterocycles. The van der Waals surface area contributed by atoms with Crippen LogP contribution in [-0.4, -0.2) is 22.5 Å². The van der Waals surface area contributed by atoms with Gasteiger partial charge < -0.3 is 19.2 Å². The number of aromatic nitrogens is 1. The van der Waals surface area contributed by atoms with E-state index in [0.717, 1.165) is 22.6 Å². The van der Waals surface area contributed by atoms with Gasteiger partial charge in [-0.1, -0.05) is 17.3 Å². The van der Waals surface area contributed by atoms with Crippen LogP contribution >= 0.6 is 0 Å². The molecule has 1 aromatic heterocycles. The Hall–Kier alpha value is -1.79. The molecule has 1 aromatic carbocycles. The maximum atomic E-state index is 8.66. The Bertz CT molecular complexity index is 487. The molecule has 1 heterocycles. The summed E-state index contributed by atoms with van der Waals surface area (Å²) in [5.74, 6) is 1.13. The minimum Gasteiger partial charge on any atom is -0.512 e. The van der Waals surface area contributed by atoms with Crippen molar-refractivity contribution >= 4 is 7.32 Å². The highest BCUT2D eigenvalue weighted by molar-refractivity contribution is 6.33. The molecule has 5 nitrogen and oxygen atoms in total. The Morgan fingerprint density at radius 3 is 2.29 bits per heavy atom. The van der Waals surface area contributed by atoms with Crippen molar-refractivity contribution in [2.24, 2.45) is 0 Å². The molecule has 0 aliphatic carbocycles. The van der Waals surface area contributed by atoms with Gasteiger partial charge in [0, 0.05) is 5.56 Å². The molecule has 0 bridgehead atoms. The molecule has 0 saturated carbocycles. The van der Waals surface area contributed by atoms with Gasteiger partial charge in [-0.25, -0.2) is 0 Å². The molecule has 2 N–H and O–H groups in total. The van der Waals surface area contributed by atoms with E-state index in [1.165, 1.54) is 0 Å². The van der Waals surface area contributed by atoms with Gasteiger partial charge in [0.2, 0.25) is 0 Å². The van der Waals surface area contributed by atoms with Crippen LogP contribution in [0.5, 0.6) is 5.75 Å². The van der Waals surface area contributed by atoms with E-state index >= 15 is 0 Å². The van der Waals surface area contributed by atoms with Crippen molar-refractivity contribution in [3.05, 3.63) is 35.7 Å². The topological polar surface area (TPSA) is 75.7 Å². The Morgan fingerprint density at radius 2 is 1.82 bits per heavy atom. The minimum atomic E-state index is -1.81. The molecule has 0 saturated heterocycles. The zero-order valence-electron chi connectivity index (χ0n) is 9.54. The smallest absolute Gasteiger partial charge is 0.512 e. The number of benzene rings is 1. The summed E-state index contributed by atoms with van der Waals surface area (Å²) in [4.78, 5) is 0. The van der Waals surface area contributed by atoms with Crippen molar-refractivity contribution in [2.45, 2.75) is 13.8 Å². The van der Waals surface area contributed by atoms with Crippen LogP contribution in [0.2, 0.25) is 0 Å². The summed E-state index contributed by atoms with van der Waals surface area (Å²) in [5.41, 5.74) is 2.71. The van der Waals surface area contributed by atoms with Crippen LogP contribution in [-0.2, 0) is 0 Å². The molecule has 2 aromatic rings. The Balaban J connectivity index is 2.30. The van der Waals surface area contributed by atoms with E-state index in [4.69, 9.17) is 19.2 Å². The highest BCUT2D eigenvalue weighted by atomic mass is 16.6. The van der Waals surface area contributed by atoms with Crippen LogP contribution < -0.4 is 4.65 Å². The number of hydrogen-bond acceptors (Lipinski definition) is 5. The van der Waals surface area contributed by atoms with E-state index in [2.05, 4.69) is 5.16 Å². The van der Waals surface area contributed by atoms with Gasteiger partial charge in [0.15, 0.2) is 0 Å². The molecule has 88 valence electrons. The monoisotopic (exact) mass is 233 g/mol. The quantitative estimate of drug-likeness (QED) is 0.781. The van der Waals surface area contributed by atoms with Crippen molar-refractivity contribution in [1.82, 2.24) is 5.16 Å².